The lowest BCUT2D eigenvalue weighted by Crippen LogP contribution is -2.10. The van der Waals surface area contributed by atoms with E-state index in [4.69, 9.17) is 5.73 Å². The van der Waals surface area contributed by atoms with Gasteiger partial charge in [0.2, 0.25) is 5.91 Å². The molecular weight excluding hydrogens is 210 g/mol. The van der Waals surface area contributed by atoms with E-state index in [1.54, 1.807) is 0 Å². The van der Waals surface area contributed by atoms with Crippen molar-refractivity contribution in [2.24, 2.45) is 5.73 Å². The first-order valence-electron chi connectivity index (χ1n) is 4.48. The first kappa shape index (κ1) is 11.5. The Morgan fingerprint density at radius 3 is 2.33 bits per heavy atom. The standard InChI is InChI=1S/C12H11NO.ClH/c1-8-7-11(12(13)14)10-6-4-2-3-5-9(8)10;/h2-7H,1H3,(H2,13,14);1H. The van der Waals surface area contributed by atoms with Crippen molar-refractivity contribution in [3.63, 3.8) is 0 Å². The van der Waals surface area contributed by atoms with E-state index >= 15 is 0 Å². The predicted molar refractivity (Wildman–Crippen MR) is 63.6 cm³/mol. The molecule has 0 saturated carbocycles. The molecule has 2 N–H and O–H groups in total. The van der Waals surface area contributed by atoms with Crippen LogP contribution in [0.4, 0.5) is 0 Å². The number of nitrogens with two attached hydrogens (primary N) is 1. The maximum absolute atomic E-state index is 11.2. The van der Waals surface area contributed by atoms with Crippen LogP contribution in [0.5, 0.6) is 0 Å². The number of carbonyl (C=O) groups is 1. The SMILES string of the molecule is Cc1cc(C(N)=O)c2cccccc1-2.Cl. The molecule has 0 radical (unpaired) electrons. The molecule has 1 amide bonds. The molecule has 78 valence electrons. The molecule has 2 nitrogen and oxygen atoms in total. The van der Waals surface area contributed by atoms with Gasteiger partial charge in [0.05, 0.1) is 0 Å². The van der Waals surface area contributed by atoms with Crippen LogP contribution in [0.3, 0.4) is 0 Å². The zero-order valence-corrected chi connectivity index (χ0v) is 9.17. The molecule has 2 aliphatic rings. The monoisotopic (exact) mass is 221 g/mol. The minimum Gasteiger partial charge on any atom is -0.366 e. The third kappa shape index (κ3) is 1.95. The summed E-state index contributed by atoms with van der Waals surface area (Å²) in [6, 6.07) is 11.6. The molecule has 3 heteroatoms. The van der Waals surface area contributed by atoms with E-state index in [1.165, 1.54) is 0 Å². The lowest BCUT2D eigenvalue weighted by atomic mass is 10.1. The van der Waals surface area contributed by atoms with Crippen molar-refractivity contribution in [3.8, 4) is 11.1 Å². The fourth-order valence-corrected chi connectivity index (χ4v) is 1.70. The Kier molecular flexibility index (Phi) is 3.32. The van der Waals surface area contributed by atoms with E-state index in [0.717, 1.165) is 16.7 Å². The van der Waals surface area contributed by atoms with Crippen LogP contribution in [-0.2, 0) is 0 Å². The summed E-state index contributed by atoms with van der Waals surface area (Å²) in [4.78, 5) is 11.2. The van der Waals surface area contributed by atoms with Crippen LogP contribution in [0, 0.1) is 6.92 Å². The molecule has 15 heavy (non-hydrogen) atoms. The number of primary amides is 1. The van der Waals surface area contributed by atoms with E-state index in [0.29, 0.717) is 5.56 Å². The minimum absolute atomic E-state index is 0. The number of carbonyl (C=O) groups excluding carboxylic acids is 1. The van der Waals surface area contributed by atoms with Crippen molar-refractivity contribution in [2.75, 3.05) is 0 Å². The molecule has 0 aromatic heterocycles. The molecule has 2 rings (SSSR count). The quantitative estimate of drug-likeness (QED) is 0.791. The molecule has 0 aromatic rings. The number of hydrogen-bond acceptors (Lipinski definition) is 1. The number of amides is 1. The lowest BCUT2D eigenvalue weighted by molar-refractivity contribution is 0.100. The maximum atomic E-state index is 11.2. The van der Waals surface area contributed by atoms with Gasteiger partial charge in [0.25, 0.3) is 0 Å². The fourth-order valence-electron chi connectivity index (χ4n) is 1.70. The van der Waals surface area contributed by atoms with Gasteiger partial charge in [-0.25, -0.2) is 0 Å². The molecule has 0 atom stereocenters. The Morgan fingerprint density at radius 2 is 1.73 bits per heavy atom. The van der Waals surface area contributed by atoms with Gasteiger partial charge in [-0.15, -0.1) is 12.4 Å². The van der Waals surface area contributed by atoms with Crippen molar-refractivity contribution < 1.29 is 4.79 Å². The van der Waals surface area contributed by atoms with Crippen molar-refractivity contribution in [2.45, 2.75) is 6.92 Å². The molecule has 0 saturated heterocycles. The molecule has 2 aliphatic carbocycles. The number of fused-ring (bicyclic) bond motifs is 1. The van der Waals surface area contributed by atoms with Crippen LogP contribution in [0.15, 0.2) is 36.4 Å². The van der Waals surface area contributed by atoms with Gasteiger partial charge < -0.3 is 5.73 Å². The first-order valence-corrected chi connectivity index (χ1v) is 4.48. The average molecular weight is 222 g/mol. The fraction of sp³-hybridized carbons (Fsp3) is 0.0833. The molecule has 0 bridgehead atoms. The van der Waals surface area contributed by atoms with Crippen molar-refractivity contribution in [1.82, 2.24) is 0 Å². The average Bonchev–Trinajstić information content (AvgIpc) is 2.38. The Morgan fingerprint density at radius 1 is 1.13 bits per heavy atom. The highest BCUT2D eigenvalue weighted by Crippen LogP contribution is 2.30. The Labute approximate surface area is 94.9 Å². The highest BCUT2D eigenvalue weighted by molar-refractivity contribution is 6.02. The van der Waals surface area contributed by atoms with Crippen LogP contribution >= 0.6 is 12.4 Å². The zero-order chi connectivity index (χ0) is 10.1. The summed E-state index contributed by atoms with van der Waals surface area (Å²) in [5.74, 6) is -0.366. The van der Waals surface area contributed by atoms with Gasteiger partial charge in [-0.3, -0.25) is 4.79 Å². The smallest absolute Gasteiger partial charge is 0.249 e. The molecule has 0 aromatic carbocycles. The maximum Gasteiger partial charge on any atom is 0.249 e. The van der Waals surface area contributed by atoms with E-state index in [9.17, 15) is 4.79 Å². The van der Waals surface area contributed by atoms with Gasteiger partial charge in [-0.1, -0.05) is 30.3 Å². The summed E-state index contributed by atoms with van der Waals surface area (Å²) in [5, 5.41) is 0. The lowest BCUT2D eigenvalue weighted by Gasteiger charge is -1.96. The third-order valence-corrected chi connectivity index (χ3v) is 2.38. The molecule has 0 aliphatic heterocycles. The van der Waals surface area contributed by atoms with Gasteiger partial charge in [0.15, 0.2) is 0 Å². The van der Waals surface area contributed by atoms with Gasteiger partial charge in [0, 0.05) is 5.56 Å². The number of hydrogen-bond donors (Lipinski definition) is 1. The van der Waals surface area contributed by atoms with E-state index in [2.05, 4.69) is 0 Å². The summed E-state index contributed by atoms with van der Waals surface area (Å²) in [7, 11) is 0. The van der Waals surface area contributed by atoms with Crippen molar-refractivity contribution in [1.29, 1.82) is 0 Å². The van der Waals surface area contributed by atoms with E-state index < -0.39 is 0 Å². The number of halogens is 1. The largest absolute Gasteiger partial charge is 0.366 e. The van der Waals surface area contributed by atoms with Crippen LogP contribution < -0.4 is 5.73 Å². The van der Waals surface area contributed by atoms with Crippen LogP contribution in [0.1, 0.15) is 15.9 Å². The van der Waals surface area contributed by atoms with E-state index in [-0.39, 0.29) is 18.3 Å². The first-order chi connectivity index (χ1) is 6.70. The zero-order valence-electron chi connectivity index (χ0n) is 8.36. The Hall–Kier alpha value is -1.54. The third-order valence-electron chi connectivity index (χ3n) is 2.38. The second-order valence-corrected chi connectivity index (χ2v) is 3.34. The summed E-state index contributed by atoms with van der Waals surface area (Å²) in [6.07, 6.45) is 0. The molecule has 0 unspecified atom stereocenters. The highest BCUT2D eigenvalue weighted by Gasteiger charge is 2.14. The van der Waals surface area contributed by atoms with Crippen LogP contribution in [0.2, 0.25) is 0 Å². The van der Waals surface area contributed by atoms with Gasteiger partial charge >= 0.3 is 0 Å². The van der Waals surface area contributed by atoms with Crippen molar-refractivity contribution in [3.05, 3.63) is 47.5 Å². The van der Waals surface area contributed by atoms with Gasteiger partial charge in [0.1, 0.15) is 0 Å². The Bertz CT molecular complexity index is 467. The second-order valence-electron chi connectivity index (χ2n) is 3.34. The highest BCUT2D eigenvalue weighted by atomic mass is 35.5. The number of rotatable bonds is 1. The summed E-state index contributed by atoms with van der Waals surface area (Å²) in [5.41, 5.74) is 9.01. The second kappa shape index (κ2) is 4.32. The minimum atomic E-state index is -0.366. The summed E-state index contributed by atoms with van der Waals surface area (Å²) < 4.78 is 0. The molecule has 0 heterocycles. The Balaban J connectivity index is 0.00000112. The molecule has 0 fully saturated rings. The van der Waals surface area contributed by atoms with Gasteiger partial charge in [-0.2, -0.15) is 0 Å². The number of aryl methyl sites for hydroxylation is 1. The topological polar surface area (TPSA) is 43.1 Å². The summed E-state index contributed by atoms with van der Waals surface area (Å²) >= 11 is 0. The predicted octanol–water partition coefficient (Wildman–Crippen LogP) is 2.62. The molecule has 0 spiro atoms. The van der Waals surface area contributed by atoms with Crippen LogP contribution in [-0.4, -0.2) is 5.91 Å². The molecular formula is C12H12ClNO. The van der Waals surface area contributed by atoms with Gasteiger partial charge in [-0.05, 0) is 29.7 Å². The van der Waals surface area contributed by atoms with Crippen molar-refractivity contribution >= 4 is 18.3 Å². The van der Waals surface area contributed by atoms with E-state index in [1.807, 2.05) is 43.3 Å². The van der Waals surface area contributed by atoms with Crippen LogP contribution in [0.25, 0.3) is 11.1 Å². The summed E-state index contributed by atoms with van der Waals surface area (Å²) in [6.45, 7) is 1.98. The normalized spacial score (nSPS) is 9.67.